The Bertz CT molecular complexity index is 573. The topological polar surface area (TPSA) is 72.6 Å². The first-order valence-corrected chi connectivity index (χ1v) is 10.1. The molecule has 0 fully saturated rings. The maximum Gasteiger partial charge on any atom is 0.211 e. The molecule has 2 N–H and O–H groups in total. The van der Waals surface area contributed by atoms with E-state index in [1.54, 1.807) is 19.2 Å². The number of ether oxygens (including phenoxy) is 1. The predicted octanol–water partition coefficient (Wildman–Crippen LogP) is 3.40. The third-order valence-electron chi connectivity index (χ3n) is 3.80. The fraction of sp³-hybridized carbons (Fsp3) is 0.647. The highest BCUT2D eigenvalue weighted by molar-refractivity contribution is 7.88. The van der Waals surface area contributed by atoms with Crippen molar-refractivity contribution in [2.45, 2.75) is 52.0 Å². The molecule has 5 nitrogen and oxygen atoms in total. The second-order valence-electron chi connectivity index (χ2n) is 6.00. The van der Waals surface area contributed by atoms with E-state index < -0.39 is 10.0 Å². The summed E-state index contributed by atoms with van der Waals surface area (Å²) >= 11 is 0. The predicted molar refractivity (Wildman–Crippen MR) is 96.0 cm³/mol. The van der Waals surface area contributed by atoms with Crippen molar-refractivity contribution in [1.29, 1.82) is 0 Å². The summed E-state index contributed by atoms with van der Waals surface area (Å²) in [6.07, 6.45) is 8.42. The summed E-state index contributed by atoms with van der Waals surface area (Å²) in [5.74, 6) is 0.711. The van der Waals surface area contributed by atoms with Crippen LogP contribution in [-0.2, 0) is 16.6 Å². The van der Waals surface area contributed by atoms with Gasteiger partial charge in [0.15, 0.2) is 0 Å². The standard InChI is InChI=1S/C17H30N2O3S/c1-4-5-6-7-8-9-12-22-17-11-10-16(18)13-15(17)14-19(2)23(3,20)21/h10-11,13H,4-9,12,14,18H2,1-3H3. The lowest BCUT2D eigenvalue weighted by Crippen LogP contribution is -2.25. The number of unbranched alkanes of at least 4 members (excludes halogenated alkanes) is 5. The highest BCUT2D eigenvalue weighted by Crippen LogP contribution is 2.24. The van der Waals surface area contributed by atoms with E-state index in [-0.39, 0.29) is 6.54 Å². The first-order valence-electron chi connectivity index (χ1n) is 8.27. The molecule has 132 valence electrons. The van der Waals surface area contributed by atoms with Gasteiger partial charge in [0, 0.05) is 24.8 Å². The summed E-state index contributed by atoms with van der Waals surface area (Å²) < 4.78 is 30.3. The number of rotatable bonds is 11. The SMILES string of the molecule is CCCCCCCCOc1ccc(N)cc1CN(C)S(C)(=O)=O. The maximum atomic E-state index is 11.6. The van der Waals surface area contributed by atoms with Crippen LogP contribution in [0.15, 0.2) is 18.2 Å². The van der Waals surface area contributed by atoms with Crippen molar-refractivity contribution in [2.75, 3.05) is 25.6 Å². The van der Waals surface area contributed by atoms with Crippen molar-refractivity contribution in [1.82, 2.24) is 4.31 Å². The summed E-state index contributed by atoms with van der Waals surface area (Å²) in [5.41, 5.74) is 7.21. The molecule has 0 radical (unpaired) electrons. The van der Waals surface area contributed by atoms with Crippen molar-refractivity contribution < 1.29 is 13.2 Å². The Morgan fingerprint density at radius 3 is 2.43 bits per heavy atom. The Hall–Kier alpha value is -1.27. The minimum Gasteiger partial charge on any atom is -0.493 e. The number of nitrogen functional groups attached to an aromatic ring is 1. The highest BCUT2D eigenvalue weighted by atomic mass is 32.2. The van der Waals surface area contributed by atoms with Gasteiger partial charge >= 0.3 is 0 Å². The van der Waals surface area contributed by atoms with Gasteiger partial charge in [-0.05, 0) is 24.6 Å². The molecule has 0 spiro atoms. The molecule has 0 saturated heterocycles. The number of nitrogens with two attached hydrogens (primary N) is 1. The van der Waals surface area contributed by atoms with Gasteiger partial charge < -0.3 is 10.5 Å². The third-order valence-corrected chi connectivity index (χ3v) is 5.06. The van der Waals surface area contributed by atoms with Crippen LogP contribution in [0.25, 0.3) is 0 Å². The van der Waals surface area contributed by atoms with Gasteiger partial charge in [-0.15, -0.1) is 0 Å². The van der Waals surface area contributed by atoms with E-state index in [2.05, 4.69) is 6.92 Å². The summed E-state index contributed by atoms with van der Waals surface area (Å²) in [6, 6.07) is 5.37. The van der Waals surface area contributed by atoms with Crippen molar-refractivity contribution in [3.8, 4) is 5.75 Å². The van der Waals surface area contributed by atoms with E-state index in [1.165, 1.54) is 36.2 Å². The number of benzene rings is 1. The molecule has 0 heterocycles. The fourth-order valence-electron chi connectivity index (χ4n) is 2.29. The first-order chi connectivity index (χ1) is 10.8. The van der Waals surface area contributed by atoms with Gasteiger partial charge in [0.2, 0.25) is 10.0 Å². The van der Waals surface area contributed by atoms with E-state index in [0.29, 0.717) is 18.0 Å². The second-order valence-corrected chi connectivity index (χ2v) is 8.09. The molecule has 6 heteroatoms. The average Bonchev–Trinajstić information content (AvgIpc) is 2.47. The molecule has 0 bridgehead atoms. The van der Waals surface area contributed by atoms with Gasteiger partial charge in [-0.1, -0.05) is 39.0 Å². The first kappa shape index (κ1) is 19.8. The maximum absolute atomic E-state index is 11.6. The largest absolute Gasteiger partial charge is 0.493 e. The fourth-order valence-corrected chi connectivity index (χ4v) is 2.66. The Balaban J connectivity index is 2.55. The molecule has 0 aromatic heterocycles. The van der Waals surface area contributed by atoms with E-state index in [0.717, 1.165) is 18.4 Å². The molecular formula is C17H30N2O3S. The van der Waals surface area contributed by atoms with E-state index >= 15 is 0 Å². The quantitative estimate of drug-likeness (QED) is 0.494. The lowest BCUT2D eigenvalue weighted by atomic mass is 10.1. The lowest BCUT2D eigenvalue weighted by molar-refractivity contribution is 0.298. The Kier molecular flexibility index (Phi) is 8.41. The van der Waals surface area contributed by atoms with Crippen LogP contribution in [0.2, 0.25) is 0 Å². The van der Waals surface area contributed by atoms with Crippen LogP contribution >= 0.6 is 0 Å². The molecule has 1 aromatic carbocycles. The van der Waals surface area contributed by atoms with Gasteiger partial charge in [-0.2, -0.15) is 0 Å². The molecule has 0 saturated carbocycles. The Morgan fingerprint density at radius 2 is 1.78 bits per heavy atom. The minimum absolute atomic E-state index is 0.260. The second kappa shape index (κ2) is 9.78. The van der Waals surface area contributed by atoms with Gasteiger partial charge in [-0.3, -0.25) is 0 Å². The van der Waals surface area contributed by atoms with Crippen LogP contribution in [0.5, 0.6) is 5.75 Å². The lowest BCUT2D eigenvalue weighted by Gasteiger charge is -2.17. The molecule has 0 aliphatic heterocycles. The number of hydrogen-bond donors (Lipinski definition) is 1. The summed E-state index contributed by atoms with van der Waals surface area (Å²) in [6.45, 7) is 3.11. The van der Waals surface area contributed by atoms with Crippen LogP contribution in [0.3, 0.4) is 0 Å². The van der Waals surface area contributed by atoms with E-state index in [4.69, 9.17) is 10.5 Å². The normalized spacial score (nSPS) is 11.8. The van der Waals surface area contributed by atoms with Crippen LogP contribution in [-0.4, -0.2) is 32.6 Å². The number of nitrogens with zero attached hydrogens (tertiary/aromatic N) is 1. The van der Waals surface area contributed by atoms with Crippen LogP contribution < -0.4 is 10.5 Å². The molecule has 0 aliphatic rings. The Labute approximate surface area is 140 Å². The van der Waals surface area contributed by atoms with Crippen LogP contribution in [0, 0.1) is 0 Å². The van der Waals surface area contributed by atoms with E-state index in [9.17, 15) is 8.42 Å². The number of anilines is 1. The van der Waals surface area contributed by atoms with Crippen LogP contribution in [0.4, 0.5) is 5.69 Å². The molecule has 0 amide bonds. The molecule has 0 atom stereocenters. The number of hydrogen-bond acceptors (Lipinski definition) is 4. The smallest absolute Gasteiger partial charge is 0.211 e. The van der Waals surface area contributed by atoms with Gasteiger partial charge in [-0.25, -0.2) is 12.7 Å². The zero-order chi connectivity index (χ0) is 17.3. The number of sulfonamides is 1. The van der Waals surface area contributed by atoms with Gasteiger partial charge in [0.1, 0.15) is 5.75 Å². The molecule has 0 aliphatic carbocycles. The third kappa shape index (κ3) is 7.70. The van der Waals surface area contributed by atoms with Gasteiger partial charge in [0.25, 0.3) is 0 Å². The molecule has 1 rings (SSSR count). The van der Waals surface area contributed by atoms with Crippen molar-refractivity contribution in [2.24, 2.45) is 0 Å². The summed E-state index contributed by atoms with van der Waals surface area (Å²) in [4.78, 5) is 0. The average molecular weight is 343 g/mol. The summed E-state index contributed by atoms with van der Waals surface area (Å²) in [5, 5.41) is 0. The summed E-state index contributed by atoms with van der Waals surface area (Å²) in [7, 11) is -1.68. The molecule has 0 unspecified atom stereocenters. The zero-order valence-electron chi connectivity index (χ0n) is 14.5. The minimum atomic E-state index is -3.23. The highest BCUT2D eigenvalue weighted by Gasteiger charge is 2.14. The van der Waals surface area contributed by atoms with E-state index in [1.807, 2.05) is 6.07 Å². The van der Waals surface area contributed by atoms with Crippen molar-refractivity contribution in [3.63, 3.8) is 0 Å². The van der Waals surface area contributed by atoms with Gasteiger partial charge in [0.05, 0.1) is 12.9 Å². The van der Waals surface area contributed by atoms with Crippen molar-refractivity contribution in [3.05, 3.63) is 23.8 Å². The monoisotopic (exact) mass is 342 g/mol. The Morgan fingerprint density at radius 1 is 1.13 bits per heavy atom. The molecular weight excluding hydrogens is 312 g/mol. The van der Waals surface area contributed by atoms with Crippen LogP contribution in [0.1, 0.15) is 51.0 Å². The molecule has 1 aromatic rings. The van der Waals surface area contributed by atoms with Crippen molar-refractivity contribution >= 4 is 15.7 Å². The zero-order valence-corrected chi connectivity index (χ0v) is 15.4. The molecule has 23 heavy (non-hydrogen) atoms.